The normalized spacial score (nSPS) is 10.4. The van der Waals surface area contributed by atoms with Gasteiger partial charge in [0.05, 0.1) is 6.42 Å². The molecule has 2 N–H and O–H groups in total. The van der Waals surface area contributed by atoms with Crippen LogP contribution in [0.15, 0.2) is 54.6 Å². The van der Waals surface area contributed by atoms with E-state index in [9.17, 15) is 19.2 Å². The maximum absolute atomic E-state index is 12.3. The lowest BCUT2D eigenvalue weighted by atomic mass is 10.0. The van der Waals surface area contributed by atoms with Crippen LogP contribution in [0.2, 0.25) is 0 Å². The average Bonchev–Trinajstić information content (AvgIpc) is 2.75. The number of rotatable bonds is 9. The molecule has 2 aromatic rings. The van der Waals surface area contributed by atoms with E-state index in [0.29, 0.717) is 12.1 Å². The second-order valence-corrected chi connectivity index (χ2v) is 7.18. The Morgan fingerprint density at radius 2 is 1.50 bits per heavy atom. The summed E-state index contributed by atoms with van der Waals surface area (Å²) in [6, 6.07) is 16.3. The Kier molecular flexibility index (Phi) is 8.75. The number of benzene rings is 2. The number of carbonyl (C=O) groups excluding carboxylic acids is 4. The summed E-state index contributed by atoms with van der Waals surface area (Å²) < 4.78 is 4.81. The third-order valence-corrected chi connectivity index (χ3v) is 4.16. The number of Topliss-reactive ketones (excluding diaryl/α,β-unsaturated/α-hetero) is 1. The lowest BCUT2D eigenvalue weighted by Gasteiger charge is -2.09. The summed E-state index contributed by atoms with van der Waals surface area (Å²) in [4.78, 5) is 47.1. The lowest BCUT2D eigenvalue weighted by molar-refractivity contribution is -0.148. The molecule has 0 aromatic heterocycles. The molecule has 0 unspecified atom stereocenters. The standard InChI is InChI=1S/C23H26N2O5/c1-16(2)14-24-23(29)25-21(27)15-30-22(28)13-12-20(26)19-10-8-18(9-11-19)17-6-4-3-5-7-17/h3-11,16H,12-15H2,1-2H3,(H2,24,25,27,29). The first kappa shape index (κ1) is 22.8. The summed E-state index contributed by atoms with van der Waals surface area (Å²) in [5, 5.41) is 4.58. The van der Waals surface area contributed by atoms with Crippen LogP contribution in [-0.2, 0) is 14.3 Å². The Bertz CT molecular complexity index is 876. The van der Waals surface area contributed by atoms with Crippen LogP contribution in [0, 0.1) is 5.92 Å². The number of amides is 3. The van der Waals surface area contributed by atoms with Gasteiger partial charge in [-0.05, 0) is 17.0 Å². The van der Waals surface area contributed by atoms with Crippen LogP contribution in [0.5, 0.6) is 0 Å². The Hall–Kier alpha value is -3.48. The van der Waals surface area contributed by atoms with Crippen molar-refractivity contribution in [2.24, 2.45) is 5.92 Å². The van der Waals surface area contributed by atoms with Crippen molar-refractivity contribution in [2.45, 2.75) is 26.7 Å². The van der Waals surface area contributed by atoms with E-state index in [1.807, 2.05) is 56.3 Å². The smallest absolute Gasteiger partial charge is 0.321 e. The summed E-state index contributed by atoms with van der Waals surface area (Å²) in [7, 11) is 0. The van der Waals surface area contributed by atoms with Gasteiger partial charge in [-0.1, -0.05) is 68.4 Å². The lowest BCUT2D eigenvalue weighted by Crippen LogP contribution is -2.42. The summed E-state index contributed by atoms with van der Waals surface area (Å²) in [5.74, 6) is -1.35. The maximum atomic E-state index is 12.3. The molecule has 2 aromatic carbocycles. The van der Waals surface area contributed by atoms with Crippen LogP contribution in [0.1, 0.15) is 37.0 Å². The van der Waals surface area contributed by atoms with E-state index in [4.69, 9.17) is 4.74 Å². The van der Waals surface area contributed by atoms with Crippen LogP contribution in [-0.4, -0.2) is 36.8 Å². The number of urea groups is 1. The fourth-order valence-corrected chi connectivity index (χ4v) is 2.56. The molecule has 0 aliphatic heterocycles. The largest absolute Gasteiger partial charge is 0.456 e. The number of ketones is 1. The number of hydrogen-bond acceptors (Lipinski definition) is 5. The molecule has 0 bridgehead atoms. The molecule has 0 radical (unpaired) electrons. The van der Waals surface area contributed by atoms with E-state index < -0.39 is 24.5 Å². The van der Waals surface area contributed by atoms with Crippen molar-refractivity contribution in [2.75, 3.05) is 13.2 Å². The van der Waals surface area contributed by atoms with Crippen molar-refractivity contribution >= 4 is 23.7 Å². The molecule has 0 spiro atoms. The maximum Gasteiger partial charge on any atom is 0.321 e. The molecule has 0 aliphatic rings. The second-order valence-electron chi connectivity index (χ2n) is 7.18. The van der Waals surface area contributed by atoms with Gasteiger partial charge in [0.15, 0.2) is 12.4 Å². The van der Waals surface area contributed by atoms with E-state index in [1.54, 1.807) is 12.1 Å². The first-order valence-electron chi connectivity index (χ1n) is 9.77. The highest BCUT2D eigenvalue weighted by atomic mass is 16.5. The van der Waals surface area contributed by atoms with Gasteiger partial charge in [-0.25, -0.2) is 4.79 Å². The zero-order chi connectivity index (χ0) is 21.9. The van der Waals surface area contributed by atoms with Gasteiger partial charge in [0, 0.05) is 18.5 Å². The Balaban J connectivity index is 1.72. The molecule has 0 heterocycles. The fourth-order valence-electron chi connectivity index (χ4n) is 2.56. The Morgan fingerprint density at radius 1 is 0.867 bits per heavy atom. The predicted octanol–water partition coefficient (Wildman–Crippen LogP) is 3.34. The zero-order valence-electron chi connectivity index (χ0n) is 17.1. The van der Waals surface area contributed by atoms with Gasteiger partial charge >= 0.3 is 12.0 Å². The number of hydrogen-bond donors (Lipinski definition) is 2. The summed E-state index contributed by atoms with van der Waals surface area (Å²) in [6.07, 6.45) is -0.174. The van der Waals surface area contributed by atoms with Crippen LogP contribution in [0.25, 0.3) is 11.1 Å². The SMILES string of the molecule is CC(C)CNC(=O)NC(=O)COC(=O)CCC(=O)c1ccc(-c2ccccc2)cc1. The number of imide groups is 1. The van der Waals surface area contributed by atoms with Crippen molar-refractivity contribution in [1.29, 1.82) is 0 Å². The monoisotopic (exact) mass is 410 g/mol. The average molecular weight is 410 g/mol. The van der Waals surface area contributed by atoms with E-state index in [2.05, 4.69) is 10.6 Å². The van der Waals surface area contributed by atoms with E-state index in [0.717, 1.165) is 11.1 Å². The molecular formula is C23H26N2O5. The summed E-state index contributed by atoms with van der Waals surface area (Å²) >= 11 is 0. The highest BCUT2D eigenvalue weighted by molar-refractivity contribution is 5.98. The highest BCUT2D eigenvalue weighted by Crippen LogP contribution is 2.20. The second kappa shape index (κ2) is 11.5. The van der Waals surface area contributed by atoms with Gasteiger partial charge in [0.2, 0.25) is 0 Å². The first-order chi connectivity index (χ1) is 14.3. The minimum atomic E-state index is -0.729. The molecule has 0 saturated heterocycles. The van der Waals surface area contributed by atoms with E-state index in [1.165, 1.54) is 0 Å². The van der Waals surface area contributed by atoms with Crippen LogP contribution >= 0.6 is 0 Å². The molecule has 7 heteroatoms. The van der Waals surface area contributed by atoms with Crippen LogP contribution in [0.4, 0.5) is 4.79 Å². The quantitative estimate of drug-likeness (QED) is 0.488. The molecule has 2 rings (SSSR count). The third-order valence-electron chi connectivity index (χ3n) is 4.16. The van der Waals surface area contributed by atoms with E-state index >= 15 is 0 Å². The van der Waals surface area contributed by atoms with Crippen LogP contribution < -0.4 is 10.6 Å². The molecule has 7 nitrogen and oxygen atoms in total. The fraction of sp³-hybridized carbons (Fsp3) is 0.304. The van der Waals surface area contributed by atoms with Gasteiger partial charge in [-0.15, -0.1) is 0 Å². The minimum Gasteiger partial charge on any atom is -0.456 e. The third kappa shape index (κ3) is 7.87. The van der Waals surface area contributed by atoms with Gasteiger partial charge in [-0.3, -0.25) is 19.7 Å². The van der Waals surface area contributed by atoms with Crippen molar-refractivity contribution in [3.8, 4) is 11.1 Å². The van der Waals surface area contributed by atoms with Crippen molar-refractivity contribution < 1.29 is 23.9 Å². The predicted molar refractivity (Wildman–Crippen MR) is 113 cm³/mol. The molecule has 0 fully saturated rings. The highest BCUT2D eigenvalue weighted by Gasteiger charge is 2.13. The number of carbonyl (C=O) groups is 4. The van der Waals surface area contributed by atoms with E-state index in [-0.39, 0.29) is 24.5 Å². The molecular weight excluding hydrogens is 384 g/mol. The van der Waals surface area contributed by atoms with Gasteiger partial charge in [0.25, 0.3) is 5.91 Å². The topological polar surface area (TPSA) is 102 Å². The molecule has 30 heavy (non-hydrogen) atoms. The zero-order valence-corrected chi connectivity index (χ0v) is 17.1. The Morgan fingerprint density at radius 3 is 2.13 bits per heavy atom. The molecule has 0 atom stereocenters. The summed E-state index contributed by atoms with van der Waals surface area (Å²) in [5.41, 5.74) is 2.55. The molecule has 3 amide bonds. The number of ether oxygens (including phenoxy) is 1. The molecule has 0 aliphatic carbocycles. The molecule has 0 saturated carbocycles. The molecule has 158 valence electrons. The van der Waals surface area contributed by atoms with Crippen molar-refractivity contribution in [1.82, 2.24) is 10.6 Å². The van der Waals surface area contributed by atoms with Gasteiger partial charge in [-0.2, -0.15) is 0 Å². The first-order valence-corrected chi connectivity index (χ1v) is 9.77. The number of esters is 1. The van der Waals surface area contributed by atoms with Crippen molar-refractivity contribution in [3.63, 3.8) is 0 Å². The van der Waals surface area contributed by atoms with Crippen molar-refractivity contribution in [3.05, 3.63) is 60.2 Å². The van der Waals surface area contributed by atoms with Gasteiger partial charge in [0.1, 0.15) is 0 Å². The minimum absolute atomic E-state index is 0.0278. The van der Waals surface area contributed by atoms with Gasteiger partial charge < -0.3 is 10.1 Å². The number of nitrogens with one attached hydrogen (secondary N) is 2. The van der Waals surface area contributed by atoms with Crippen LogP contribution in [0.3, 0.4) is 0 Å². The summed E-state index contributed by atoms with van der Waals surface area (Å²) in [6.45, 7) is 3.69. The Labute approximate surface area is 175 Å².